The Labute approximate surface area is 95.2 Å². The second kappa shape index (κ2) is 5.98. The third-order valence-corrected chi connectivity index (χ3v) is 2.57. The molecule has 1 nitrogen and oxygen atoms in total. The molecule has 0 fully saturated rings. The molecule has 1 N–H and O–H groups in total. The summed E-state index contributed by atoms with van der Waals surface area (Å²) in [6.07, 6.45) is -2.46. The highest BCUT2D eigenvalue weighted by Gasteiger charge is 2.13. The van der Waals surface area contributed by atoms with E-state index >= 15 is 0 Å². The molecule has 0 aliphatic heterocycles. The van der Waals surface area contributed by atoms with Crippen molar-refractivity contribution in [2.45, 2.75) is 30.0 Å². The summed E-state index contributed by atoms with van der Waals surface area (Å²) < 4.78 is 48.4. The Morgan fingerprint density at radius 3 is 2.06 bits per heavy atom. The van der Waals surface area contributed by atoms with Crippen LogP contribution in [0.15, 0.2) is 29.2 Å². The number of halogens is 4. The Morgan fingerprint density at radius 2 is 1.62 bits per heavy atom. The minimum atomic E-state index is -2.47. The lowest BCUT2D eigenvalue weighted by atomic mass is 10.3. The molecular weight excluding hydrogens is 242 g/mol. The van der Waals surface area contributed by atoms with Crippen LogP contribution >= 0.6 is 11.8 Å². The van der Waals surface area contributed by atoms with E-state index in [0.717, 1.165) is 0 Å². The van der Waals surface area contributed by atoms with E-state index in [4.69, 9.17) is 0 Å². The Kier molecular flexibility index (Phi) is 4.92. The number of hydrogen-bond acceptors (Lipinski definition) is 2. The number of benzene rings is 1. The fourth-order valence-electron chi connectivity index (χ4n) is 1.06. The predicted molar refractivity (Wildman–Crippen MR) is 57.4 cm³/mol. The van der Waals surface area contributed by atoms with Gasteiger partial charge < -0.3 is 5.32 Å². The minimum Gasteiger partial charge on any atom is -0.377 e. The average Bonchev–Trinajstić information content (AvgIpc) is 2.20. The molecule has 6 heteroatoms. The summed E-state index contributed by atoms with van der Waals surface area (Å²) in [5.74, 6) is -2.47. The average molecular weight is 253 g/mol. The van der Waals surface area contributed by atoms with E-state index in [2.05, 4.69) is 5.32 Å². The monoisotopic (exact) mass is 253 g/mol. The summed E-state index contributed by atoms with van der Waals surface area (Å²) in [6.45, 7) is 1.35. The molecule has 1 atom stereocenters. The van der Waals surface area contributed by atoms with Gasteiger partial charge in [-0.2, -0.15) is 8.78 Å². The normalized spacial score (nSPS) is 13.2. The van der Waals surface area contributed by atoms with Crippen molar-refractivity contribution < 1.29 is 17.6 Å². The highest BCUT2D eigenvalue weighted by Crippen LogP contribution is 2.26. The first-order chi connectivity index (χ1) is 7.49. The molecule has 0 aromatic heterocycles. The molecule has 0 amide bonds. The molecule has 90 valence electrons. The van der Waals surface area contributed by atoms with E-state index in [1.165, 1.54) is 31.2 Å². The van der Waals surface area contributed by atoms with Crippen LogP contribution in [0.5, 0.6) is 0 Å². The number of rotatable bonds is 5. The van der Waals surface area contributed by atoms with Crippen molar-refractivity contribution >= 4 is 17.4 Å². The number of thioether (sulfide) groups is 1. The minimum absolute atomic E-state index is 0.408. The lowest BCUT2D eigenvalue weighted by Crippen LogP contribution is -2.23. The quantitative estimate of drug-likeness (QED) is 0.627. The standard InChI is InChI=1S/C10H11F4NS/c1-6(9(11)12)15-7-2-4-8(5-3-7)16-10(13)14/h2-6,9-10,15H,1H3. The van der Waals surface area contributed by atoms with Crippen LogP contribution in [0.1, 0.15) is 6.92 Å². The molecule has 1 unspecified atom stereocenters. The predicted octanol–water partition coefficient (Wildman–Crippen LogP) is 4.07. The maximum absolute atomic E-state index is 12.2. The third-order valence-electron chi connectivity index (χ3n) is 1.85. The number of hydrogen-bond donors (Lipinski definition) is 1. The summed E-state index contributed by atoms with van der Waals surface area (Å²) in [5.41, 5.74) is 0.492. The fourth-order valence-corrected chi connectivity index (χ4v) is 1.56. The van der Waals surface area contributed by atoms with Gasteiger partial charge in [0.1, 0.15) is 0 Å². The van der Waals surface area contributed by atoms with Gasteiger partial charge in [-0.25, -0.2) is 8.78 Å². The van der Waals surface area contributed by atoms with Crippen molar-refractivity contribution in [1.29, 1.82) is 0 Å². The zero-order chi connectivity index (χ0) is 12.1. The molecule has 0 radical (unpaired) electrons. The molecule has 0 saturated heterocycles. The van der Waals surface area contributed by atoms with Crippen molar-refractivity contribution in [2.75, 3.05) is 5.32 Å². The lowest BCUT2D eigenvalue weighted by molar-refractivity contribution is 0.131. The molecule has 1 aromatic carbocycles. The van der Waals surface area contributed by atoms with Gasteiger partial charge in [0, 0.05) is 10.6 Å². The largest absolute Gasteiger partial charge is 0.377 e. The molecule has 0 aliphatic carbocycles. The first kappa shape index (κ1) is 13.2. The third kappa shape index (κ3) is 4.30. The molecule has 0 heterocycles. The molecule has 1 aromatic rings. The number of anilines is 1. The molecular formula is C10H11F4NS. The van der Waals surface area contributed by atoms with E-state index < -0.39 is 18.2 Å². The highest BCUT2D eigenvalue weighted by molar-refractivity contribution is 7.99. The number of nitrogens with one attached hydrogen (secondary N) is 1. The van der Waals surface area contributed by atoms with E-state index in [9.17, 15) is 17.6 Å². The lowest BCUT2D eigenvalue weighted by Gasteiger charge is -2.14. The van der Waals surface area contributed by atoms with Gasteiger partial charge in [-0.15, -0.1) is 0 Å². The number of alkyl halides is 4. The van der Waals surface area contributed by atoms with E-state index in [1.54, 1.807) is 0 Å². The summed E-state index contributed by atoms with van der Waals surface area (Å²) in [5, 5.41) is 2.58. The summed E-state index contributed by atoms with van der Waals surface area (Å²) >= 11 is 0.423. The van der Waals surface area contributed by atoms with E-state index in [0.29, 0.717) is 22.3 Å². The van der Waals surface area contributed by atoms with Gasteiger partial charge >= 0.3 is 0 Å². The second-order valence-corrected chi connectivity index (χ2v) is 4.23. The van der Waals surface area contributed by atoms with Crippen LogP contribution in [0.25, 0.3) is 0 Å². The summed E-state index contributed by atoms with van der Waals surface area (Å²) in [6, 6.07) is 4.98. The van der Waals surface area contributed by atoms with Crippen molar-refractivity contribution in [3.8, 4) is 0 Å². The Hall–Kier alpha value is -0.910. The Bertz CT molecular complexity index is 315. The van der Waals surface area contributed by atoms with Crippen molar-refractivity contribution in [3.63, 3.8) is 0 Å². The van der Waals surface area contributed by atoms with Crippen LogP contribution in [0.3, 0.4) is 0 Å². The van der Waals surface area contributed by atoms with Gasteiger partial charge in [-0.3, -0.25) is 0 Å². The van der Waals surface area contributed by atoms with E-state index in [1.807, 2.05) is 0 Å². The molecule has 1 rings (SSSR count). The van der Waals surface area contributed by atoms with Crippen LogP contribution in [-0.4, -0.2) is 18.2 Å². The molecule has 0 bridgehead atoms. The molecule has 0 spiro atoms. The van der Waals surface area contributed by atoms with E-state index in [-0.39, 0.29) is 0 Å². The Balaban J connectivity index is 2.57. The fraction of sp³-hybridized carbons (Fsp3) is 0.400. The molecule has 16 heavy (non-hydrogen) atoms. The van der Waals surface area contributed by atoms with Crippen molar-refractivity contribution in [1.82, 2.24) is 0 Å². The summed E-state index contributed by atoms with van der Waals surface area (Å²) in [4.78, 5) is 0.408. The zero-order valence-electron chi connectivity index (χ0n) is 8.46. The zero-order valence-corrected chi connectivity index (χ0v) is 9.28. The van der Waals surface area contributed by atoms with Crippen LogP contribution in [0, 0.1) is 0 Å². The molecule has 0 aliphatic rings. The van der Waals surface area contributed by atoms with Gasteiger partial charge in [0.2, 0.25) is 0 Å². The maximum Gasteiger partial charge on any atom is 0.288 e. The van der Waals surface area contributed by atoms with Crippen LogP contribution in [0.2, 0.25) is 0 Å². The van der Waals surface area contributed by atoms with Gasteiger partial charge in [0.25, 0.3) is 12.2 Å². The SMILES string of the molecule is CC(Nc1ccc(SC(F)F)cc1)C(F)F. The van der Waals surface area contributed by atoms with Crippen LogP contribution in [0.4, 0.5) is 23.2 Å². The first-order valence-electron chi connectivity index (χ1n) is 4.58. The molecule has 0 saturated carbocycles. The second-order valence-electron chi connectivity index (χ2n) is 3.17. The van der Waals surface area contributed by atoms with Gasteiger partial charge in [-0.05, 0) is 31.2 Å². The smallest absolute Gasteiger partial charge is 0.288 e. The van der Waals surface area contributed by atoms with Gasteiger partial charge in [-0.1, -0.05) is 11.8 Å². The van der Waals surface area contributed by atoms with Crippen LogP contribution in [-0.2, 0) is 0 Å². The summed E-state index contributed by atoms with van der Waals surface area (Å²) in [7, 11) is 0. The van der Waals surface area contributed by atoms with Gasteiger partial charge in [0.05, 0.1) is 6.04 Å². The highest BCUT2D eigenvalue weighted by atomic mass is 32.2. The first-order valence-corrected chi connectivity index (χ1v) is 5.46. The van der Waals surface area contributed by atoms with Crippen molar-refractivity contribution in [3.05, 3.63) is 24.3 Å². The van der Waals surface area contributed by atoms with Crippen LogP contribution < -0.4 is 5.32 Å². The van der Waals surface area contributed by atoms with Crippen molar-refractivity contribution in [2.24, 2.45) is 0 Å². The topological polar surface area (TPSA) is 12.0 Å². The Morgan fingerprint density at radius 1 is 1.06 bits per heavy atom. The van der Waals surface area contributed by atoms with Gasteiger partial charge in [0.15, 0.2) is 0 Å². The maximum atomic E-state index is 12.2.